The molecule has 7 nitrogen and oxygen atoms in total. The summed E-state index contributed by atoms with van der Waals surface area (Å²) in [6.07, 6.45) is 9.81. The van der Waals surface area contributed by atoms with Gasteiger partial charge >= 0.3 is 0 Å². The first kappa shape index (κ1) is 15.4. The second-order valence-electron chi connectivity index (χ2n) is 8.37. The number of fused-ring (bicyclic) bond motifs is 1. The van der Waals surface area contributed by atoms with Gasteiger partial charge in [-0.05, 0) is 56.3 Å². The summed E-state index contributed by atoms with van der Waals surface area (Å²) in [7, 11) is 1.90. The Kier molecular flexibility index (Phi) is 3.42. The molecule has 6 rings (SSSR count). The zero-order chi connectivity index (χ0) is 17.0. The summed E-state index contributed by atoms with van der Waals surface area (Å²) in [5, 5.41) is 21.3. The van der Waals surface area contributed by atoms with Crippen LogP contribution in [0.3, 0.4) is 0 Å². The average molecular weight is 342 g/mol. The molecule has 4 aliphatic rings. The average Bonchev–Trinajstić information content (AvgIpc) is 2.92. The van der Waals surface area contributed by atoms with Crippen molar-refractivity contribution in [3.63, 3.8) is 0 Å². The van der Waals surface area contributed by atoms with Gasteiger partial charge in [0.15, 0.2) is 5.65 Å². The number of aliphatic hydroxyl groups is 1. The minimum Gasteiger partial charge on any atom is -0.395 e. The Morgan fingerprint density at radius 1 is 1.16 bits per heavy atom. The molecule has 0 amide bonds. The van der Waals surface area contributed by atoms with E-state index < -0.39 is 0 Å². The van der Waals surface area contributed by atoms with Crippen LogP contribution in [-0.2, 0) is 7.05 Å². The fraction of sp³-hybridized carbons (Fsp3) is 0.722. The normalized spacial score (nSPS) is 33.1. The first-order valence-electron chi connectivity index (χ1n) is 9.47. The van der Waals surface area contributed by atoms with Gasteiger partial charge in [0.1, 0.15) is 5.82 Å². The summed E-state index contributed by atoms with van der Waals surface area (Å²) >= 11 is 0. The SMILES string of the molecule is Cn1ncc2c(NCCO)nc(NC34CC5CC(CC(C5)C3)C4)nc21. The second-order valence-corrected chi connectivity index (χ2v) is 8.37. The summed E-state index contributed by atoms with van der Waals surface area (Å²) in [4.78, 5) is 9.49. The number of rotatable bonds is 5. The molecule has 4 fully saturated rings. The van der Waals surface area contributed by atoms with Gasteiger partial charge in [0, 0.05) is 19.1 Å². The quantitative estimate of drug-likeness (QED) is 0.772. The molecular weight excluding hydrogens is 316 g/mol. The van der Waals surface area contributed by atoms with Gasteiger partial charge < -0.3 is 15.7 Å². The van der Waals surface area contributed by atoms with Crippen LogP contribution in [0.5, 0.6) is 0 Å². The number of aryl methyl sites for hydroxylation is 1. The van der Waals surface area contributed by atoms with Crippen molar-refractivity contribution in [3.05, 3.63) is 6.20 Å². The minimum atomic E-state index is 0.0729. The van der Waals surface area contributed by atoms with Crippen molar-refractivity contribution in [1.29, 1.82) is 0 Å². The molecule has 7 heteroatoms. The molecule has 0 aliphatic heterocycles. The standard InChI is InChI=1S/C18H26N6O/c1-24-16-14(10-20-24)15(19-2-3-25)21-17(22-16)23-18-7-11-4-12(8-18)6-13(5-11)9-18/h10-13,25H,2-9H2,1H3,(H2,19,21,22,23). The van der Waals surface area contributed by atoms with Crippen LogP contribution in [0.15, 0.2) is 6.20 Å². The van der Waals surface area contributed by atoms with Crippen LogP contribution in [0.1, 0.15) is 38.5 Å². The van der Waals surface area contributed by atoms with E-state index in [1.165, 1.54) is 38.5 Å². The van der Waals surface area contributed by atoms with E-state index in [1.54, 1.807) is 10.9 Å². The van der Waals surface area contributed by atoms with Gasteiger partial charge in [0.05, 0.1) is 18.2 Å². The van der Waals surface area contributed by atoms with Crippen LogP contribution in [0, 0.1) is 17.8 Å². The molecule has 134 valence electrons. The third-order valence-corrected chi connectivity index (χ3v) is 6.41. The van der Waals surface area contributed by atoms with E-state index in [9.17, 15) is 0 Å². The van der Waals surface area contributed by atoms with Crippen molar-refractivity contribution >= 4 is 22.8 Å². The summed E-state index contributed by atoms with van der Waals surface area (Å²) in [6, 6.07) is 0. The van der Waals surface area contributed by atoms with Crippen LogP contribution < -0.4 is 10.6 Å². The highest BCUT2D eigenvalue weighted by atomic mass is 16.3. The predicted octanol–water partition coefficient (Wildman–Crippen LogP) is 2.15. The molecule has 0 radical (unpaired) electrons. The third kappa shape index (κ3) is 2.56. The van der Waals surface area contributed by atoms with Crippen LogP contribution in [0.25, 0.3) is 11.0 Å². The number of nitrogens with zero attached hydrogens (tertiary/aromatic N) is 4. The first-order valence-corrected chi connectivity index (χ1v) is 9.47. The molecule has 4 bridgehead atoms. The van der Waals surface area contributed by atoms with Gasteiger partial charge in [-0.1, -0.05) is 0 Å². The van der Waals surface area contributed by atoms with E-state index in [0.717, 1.165) is 34.6 Å². The highest BCUT2D eigenvalue weighted by molar-refractivity contribution is 5.87. The van der Waals surface area contributed by atoms with Crippen molar-refractivity contribution < 1.29 is 5.11 Å². The number of hydrogen-bond acceptors (Lipinski definition) is 6. The first-order chi connectivity index (χ1) is 12.1. The largest absolute Gasteiger partial charge is 0.395 e. The number of aromatic nitrogens is 4. The molecule has 2 heterocycles. The Labute approximate surface area is 147 Å². The Hall–Kier alpha value is -1.89. The molecule has 25 heavy (non-hydrogen) atoms. The van der Waals surface area contributed by atoms with Gasteiger partial charge in [-0.2, -0.15) is 15.1 Å². The van der Waals surface area contributed by atoms with Gasteiger partial charge in [-0.3, -0.25) is 4.68 Å². The zero-order valence-corrected chi connectivity index (χ0v) is 14.7. The number of hydrogen-bond donors (Lipinski definition) is 3. The lowest BCUT2D eigenvalue weighted by Crippen LogP contribution is -2.55. The number of anilines is 2. The molecule has 0 unspecified atom stereocenters. The monoisotopic (exact) mass is 342 g/mol. The minimum absolute atomic E-state index is 0.0729. The smallest absolute Gasteiger partial charge is 0.227 e. The Bertz CT molecular complexity index is 765. The molecule has 4 aliphatic carbocycles. The Morgan fingerprint density at radius 2 is 1.84 bits per heavy atom. The maximum Gasteiger partial charge on any atom is 0.227 e. The molecule has 0 spiro atoms. The lowest BCUT2D eigenvalue weighted by atomic mass is 9.53. The van der Waals surface area contributed by atoms with Gasteiger partial charge in [-0.25, -0.2) is 0 Å². The highest BCUT2D eigenvalue weighted by Crippen LogP contribution is 2.56. The lowest BCUT2D eigenvalue weighted by molar-refractivity contribution is 0.0104. The predicted molar refractivity (Wildman–Crippen MR) is 96.4 cm³/mol. The number of nitrogens with one attached hydrogen (secondary N) is 2. The zero-order valence-electron chi connectivity index (χ0n) is 14.7. The van der Waals surface area contributed by atoms with Crippen LogP contribution in [0.2, 0.25) is 0 Å². The fourth-order valence-corrected chi connectivity index (χ4v) is 5.89. The van der Waals surface area contributed by atoms with Crippen molar-refractivity contribution in [2.24, 2.45) is 24.8 Å². The second kappa shape index (κ2) is 5.56. The van der Waals surface area contributed by atoms with Crippen molar-refractivity contribution in [3.8, 4) is 0 Å². The van der Waals surface area contributed by atoms with Crippen molar-refractivity contribution in [1.82, 2.24) is 19.7 Å². The van der Waals surface area contributed by atoms with E-state index in [2.05, 4.69) is 15.7 Å². The number of aliphatic hydroxyl groups excluding tert-OH is 1. The molecule has 2 aromatic heterocycles. The van der Waals surface area contributed by atoms with Crippen LogP contribution in [-0.4, -0.2) is 43.5 Å². The Balaban J connectivity index is 1.49. The van der Waals surface area contributed by atoms with E-state index >= 15 is 0 Å². The molecule has 0 atom stereocenters. The molecule has 0 aromatic carbocycles. The van der Waals surface area contributed by atoms with Crippen molar-refractivity contribution in [2.45, 2.75) is 44.1 Å². The van der Waals surface area contributed by atoms with Gasteiger partial charge in [0.25, 0.3) is 0 Å². The summed E-state index contributed by atoms with van der Waals surface area (Å²) in [5.41, 5.74) is 0.998. The lowest BCUT2D eigenvalue weighted by Gasteiger charge is -2.56. The van der Waals surface area contributed by atoms with Crippen LogP contribution in [0.4, 0.5) is 11.8 Å². The molecule has 3 N–H and O–H groups in total. The van der Waals surface area contributed by atoms with Gasteiger partial charge in [-0.15, -0.1) is 0 Å². The van der Waals surface area contributed by atoms with Crippen molar-refractivity contribution in [2.75, 3.05) is 23.8 Å². The van der Waals surface area contributed by atoms with Crippen LogP contribution >= 0.6 is 0 Å². The van der Waals surface area contributed by atoms with Gasteiger partial charge in [0.2, 0.25) is 5.95 Å². The van der Waals surface area contributed by atoms with E-state index in [0.29, 0.717) is 12.5 Å². The summed E-state index contributed by atoms with van der Waals surface area (Å²) < 4.78 is 1.78. The molecular formula is C18H26N6O. The molecule has 2 aromatic rings. The summed E-state index contributed by atoms with van der Waals surface area (Å²) in [6.45, 7) is 0.543. The topological polar surface area (TPSA) is 87.9 Å². The maximum atomic E-state index is 9.14. The third-order valence-electron chi connectivity index (χ3n) is 6.41. The van der Waals surface area contributed by atoms with E-state index in [4.69, 9.17) is 15.1 Å². The molecule has 0 saturated heterocycles. The molecule has 4 saturated carbocycles. The Morgan fingerprint density at radius 3 is 2.48 bits per heavy atom. The maximum absolute atomic E-state index is 9.14. The van der Waals surface area contributed by atoms with E-state index in [-0.39, 0.29) is 12.1 Å². The van der Waals surface area contributed by atoms with E-state index in [1.807, 2.05) is 7.05 Å². The fourth-order valence-electron chi connectivity index (χ4n) is 5.89. The summed E-state index contributed by atoms with van der Waals surface area (Å²) in [5.74, 6) is 4.08. The highest BCUT2D eigenvalue weighted by Gasteiger charge is 2.51.